The number of hydrogen-bond acceptors (Lipinski definition) is 4. The van der Waals surface area contributed by atoms with Crippen LogP contribution in [0, 0.1) is 0 Å². The largest absolute Gasteiger partial charge is 0.357 e. The zero-order valence-electron chi connectivity index (χ0n) is 7.27. The molecule has 0 unspecified atom stereocenters. The Balaban J connectivity index is 1.98. The van der Waals surface area contributed by atoms with E-state index in [2.05, 4.69) is 31.2 Å². The third-order valence-electron chi connectivity index (χ3n) is 1.64. The number of nitrogens with zero attached hydrogens (tertiary/aromatic N) is 2. The standard InChI is InChI=1S/C9H8BrN3S/c10-8-3-7(4-11-6-8)5-13-9-12-1-2-14-9/h1-4,6H,5H2,(H,12,13). The molecular weight excluding hydrogens is 262 g/mol. The minimum absolute atomic E-state index is 0.750. The molecule has 14 heavy (non-hydrogen) atoms. The number of pyridine rings is 1. The van der Waals surface area contributed by atoms with Crippen LogP contribution in [-0.4, -0.2) is 9.97 Å². The molecule has 2 aromatic heterocycles. The van der Waals surface area contributed by atoms with Crippen LogP contribution in [-0.2, 0) is 6.54 Å². The summed E-state index contributed by atoms with van der Waals surface area (Å²) in [5.74, 6) is 0. The van der Waals surface area contributed by atoms with Gasteiger partial charge in [0, 0.05) is 35.0 Å². The molecule has 2 rings (SSSR count). The molecule has 0 bridgehead atoms. The fourth-order valence-corrected chi connectivity index (χ4v) is 1.98. The van der Waals surface area contributed by atoms with Crippen molar-refractivity contribution in [3.63, 3.8) is 0 Å². The lowest BCUT2D eigenvalue weighted by atomic mass is 10.3. The van der Waals surface area contributed by atoms with E-state index in [0.29, 0.717) is 0 Å². The number of thiazole rings is 1. The minimum atomic E-state index is 0.750. The molecule has 0 atom stereocenters. The van der Waals surface area contributed by atoms with E-state index in [1.165, 1.54) is 0 Å². The number of rotatable bonds is 3. The molecule has 0 amide bonds. The Morgan fingerprint density at radius 2 is 2.36 bits per heavy atom. The van der Waals surface area contributed by atoms with Gasteiger partial charge in [-0.25, -0.2) is 4.98 Å². The quantitative estimate of drug-likeness (QED) is 0.931. The number of anilines is 1. The second kappa shape index (κ2) is 4.52. The molecule has 0 aliphatic heterocycles. The highest BCUT2D eigenvalue weighted by Gasteiger charge is 1.96. The maximum Gasteiger partial charge on any atom is 0.182 e. The van der Waals surface area contributed by atoms with Gasteiger partial charge in [-0.1, -0.05) is 0 Å². The molecule has 0 spiro atoms. The summed E-state index contributed by atoms with van der Waals surface area (Å²) in [6, 6.07) is 2.04. The Kier molecular flexibility index (Phi) is 3.10. The van der Waals surface area contributed by atoms with Crippen LogP contribution in [0.15, 0.2) is 34.5 Å². The van der Waals surface area contributed by atoms with E-state index in [0.717, 1.165) is 21.7 Å². The molecule has 0 saturated heterocycles. The summed E-state index contributed by atoms with van der Waals surface area (Å²) in [5.41, 5.74) is 1.13. The van der Waals surface area contributed by atoms with Crippen LogP contribution >= 0.6 is 27.3 Å². The molecule has 72 valence electrons. The van der Waals surface area contributed by atoms with Crippen LogP contribution < -0.4 is 5.32 Å². The lowest BCUT2D eigenvalue weighted by Crippen LogP contribution is -1.98. The maximum absolute atomic E-state index is 4.13. The van der Waals surface area contributed by atoms with Crippen LogP contribution in [0.3, 0.4) is 0 Å². The van der Waals surface area contributed by atoms with Crippen molar-refractivity contribution >= 4 is 32.4 Å². The number of halogens is 1. The van der Waals surface area contributed by atoms with E-state index in [-0.39, 0.29) is 0 Å². The Morgan fingerprint density at radius 1 is 1.43 bits per heavy atom. The SMILES string of the molecule is Brc1cncc(CNc2nccs2)c1. The first-order valence-corrected chi connectivity index (χ1v) is 5.74. The maximum atomic E-state index is 4.13. The summed E-state index contributed by atoms with van der Waals surface area (Å²) >= 11 is 4.97. The average Bonchev–Trinajstić information content (AvgIpc) is 2.67. The Bertz CT molecular complexity index is 402. The molecule has 0 saturated carbocycles. The molecule has 5 heteroatoms. The van der Waals surface area contributed by atoms with Gasteiger partial charge in [-0.2, -0.15) is 0 Å². The van der Waals surface area contributed by atoms with Crippen molar-refractivity contribution < 1.29 is 0 Å². The molecule has 0 aliphatic carbocycles. The van der Waals surface area contributed by atoms with E-state index < -0.39 is 0 Å². The van der Waals surface area contributed by atoms with Crippen molar-refractivity contribution in [1.29, 1.82) is 0 Å². The Hall–Kier alpha value is -0.940. The molecular formula is C9H8BrN3S. The van der Waals surface area contributed by atoms with Gasteiger partial charge in [0.25, 0.3) is 0 Å². The second-order valence-corrected chi connectivity index (χ2v) is 4.51. The van der Waals surface area contributed by atoms with Crippen molar-refractivity contribution in [3.05, 3.63) is 40.1 Å². The van der Waals surface area contributed by atoms with Gasteiger partial charge in [0.2, 0.25) is 0 Å². The average molecular weight is 270 g/mol. The zero-order chi connectivity index (χ0) is 9.80. The van der Waals surface area contributed by atoms with Gasteiger partial charge in [0.15, 0.2) is 5.13 Å². The third kappa shape index (κ3) is 2.52. The van der Waals surface area contributed by atoms with Crippen molar-refractivity contribution in [2.45, 2.75) is 6.54 Å². The van der Waals surface area contributed by atoms with Gasteiger partial charge in [0.1, 0.15) is 0 Å². The van der Waals surface area contributed by atoms with E-state index in [4.69, 9.17) is 0 Å². The topological polar surface area (TPSA) is 37.8 Å². The molecule has 2 aromatic rings. The lowest BCUT2D eigenvalue weighted by molar-refractivity contribution is 1.10. The minimum Gasteiger partial charge on any atom is -0.357 e. The molecule has 3 nitrogen and oxygen atoms in total. The first-order valence-electron chi connectivity index (χ1n) is 4.07. The first kappa shape index (κ1) is 9.61. The highest BCUT2D eigenvalue weighted by atomic mass is 79.9. The van der Waals surface area contributed by atoms with E-state index in [1.807, 2.05) is 17.6 Å². The summed E-state index contributed by atoms with van der Waals surface area (Å²) in [6.45, 7) is 0.750. The molecule has 0 aromatic carbocycles. The van der Waals surface area contributed by atoms with Crippen molar-refractivity contribution in [1.82, 2.24) is 9.97 Å². The molecule has 0 aliphatic rings. The number of hydrogen-bond donors (Lipinski definition) is 1. The molecule has 1 N–H and O–H groups in total. The summed E-state index contributed by atoms with van der Waals surface area (Å²) in [4.78, 5) is 8.21. The van der Waals surface area contributed by atoms with E-state index in [9.17, 15) is 0 Å². The normalized spacial score (nSPS) is 10.1. The van der Waals surface area contributed by atoms with Gasteiger partial charge in [0.05, 0.1) is 0 Å². The highest BCUT2D eigenvalue weighted by Crippen LogP contribution is 2.14. The Labute approximate surface area is 94.4 Å². The monoisotopic (exact) mass is 269 g/mol. The predicted octanol–water partition coefficient (Wildman–Crippen LogP) is 2.91. The summed E-state index contributed by atoms with van der Waals surface area (Å²) in [6.07, 6.45) is 5.39. The van der Waals surface area contributed by atoms with Crippen LogP contribution in [0.5, 0.6) is 0 Å². The van der Waals surface area contributed by atoms with Crippen LogP contribution in [0.4, 0.5) is 5.13 Å². The summed E-state index contributed by atoms with van der Waals surface area (Å²) in [5, 5.41) is 6.10. The summed E-state index contributed by atoms with van der Waals surface area (Å²) < 4.78 is 0.996. The van der Waals surface area contributed by atoms with Gasteiger partial charge >= 0.3 is 0 Å². The predicted molar refractivity (Wildman–Crippen MR) is 61.4 cm³/mol. The lowest BCUT2D eigenvalue weighted by Gasteiger charge is -2.02. The molecule has 0 radical (unpaired) electrons. The number of nitrogens with one attached hydrogen (secondary N) is 1. The van der Waals surface area contributed by atoms with Crippen molar-refractivity contribution in [2.24, 2.45) is 0 Å². The fraction of sp³-hybridized carbons (Fsp3) is 0.111. The van der Waals surface area contributed by atoms with Crippen LogP contribution in [0.2, 0.25) is 0 Å². The smallest absolute Gasteiger partial charge is 0.182 e. The van der Waals surface area contributed by atoms with Crippen LogP contribution in [0.1, 0.15) is 5.56 Å². The summed E-state index contributed by atoms with van der Waals surface area (Å²) in [7, 11) is 0. The Morgan fingerprint density at radius 3 is 3.07 bits per heavy atom. The van der Waals surface area contributed by atoms with Gasteiger partial charge in [-0.05, 0) is 27.6 Å². The van der Waals surface area contributed by atoms with Crippen LogP contribution in [0.25, 0.3) is 0 Å². The van der Waals surface area contributed by atoms with Crippen molar-refractivity contribution in [3.8, 4) is 0 Å². The first-order chi connectivity index (χ1) is 6.84. The van der Waals surface area contributed by atoms with Crippen molar-refractivity contribution in [2.75, 3.05) is 5.32 Å². The molecule has 0 fully saturated rings. The van der Waals surface area contributed by atoms with E-state index >= 15 is 0 Å². The van der Waals surface area contributed by atoms with E-state index in [1.54, 1.807) is 23.7 Å². The third-order valence-corrected chi connectivity index (χ3v) is 2.80. The number of aromatic nitrogens is 2. The molecule has 2 heterocycles. The highest BCUT2D eigenvalue weighted by molar-refractivity contribution is 9.10. The van der Waals surface area contributed by atoms with Gasteiger partial charge in [-0.15, -0.1) is 11.3 Å². The fourth-order valence-electron chi connectivity index (χ4n) is 1.04. The zero-order valence-corrected chi connectivity index (χ0v) is 9.68. The second-order valence-electron chi connectivity index (χ2n) is 2.70. The van der Waals surface area contributed by atoms with Gasteiger partial charge in [-0.3, -0.25) is 4.98 Å². The van der Waals surface area contributed by atoms with Gasteiger partial charge < -0.3 is 5.32 Å².